The molecular formula is C14H11F2NO3S. The van der Waals surface area contributed by atoms with Crippen LogP contribution >= 0.6 is 0 Å². The van der Waals surface area contributed by atoms with Gasteiger partial charge in [-0.05, 0) is 48.9 Å². The molecule has 0 radical (unpaired) electrons. The number of hydrogen-bond acceptors (Lipinski definition) is 3. The van der Waals surface area contributed by atoms with E-state index in [1.54, 1.807) is 11.6 Å². The number of carbonyl (C=O) groups excluding carboxylic acids is 1. The van der Waals surface area contributed by atoms with Gasteiger partial charge in [0.25, 0.3) is 15.9 Å². The third-order valence-electron chi connectivity index (χ3n) is 2.71. The molecule has 0 aliphatic carbocycles. The zero-order valence-corrected chi connectivity index (χ0v) is 11.7. The van der Waals surface area contributed by atoms with Crippen molar-refractivity contribution in [3.8, 4) is 0 Å². The lowest BCUT2D eigenvalue weighted by Gasteiger charge is -2.08. The number of sulfonamides is 1. The Morgan fingerprint density at radius 3 is 2.29 bits per heavy atom. The molecule has 0 fully saturated rings. The van der Waals surface area contributed by atoms with Crippen molar-refractivity contribution in [3.63, 3.8) is 0 Å². The van der Waals surface area contributed by atoms with E-state index in [1.165, 1.54) is 6.07 Å². The first-order chi connectivity index (χ1) is 9.79. The van der Waals surface area contributed by atoms with Gasteiger partial charge in [0.15, 0.2) is 0 Å². The second-order valence-electron chi connectivity index (χ2n) is 4.38. The smallest absolute Gasteiger partial charge is 0.267 e. The fraction of sp³-hybridized carbons (Fsp3) is 0.0714. The van der Waals surface area contributed by atoms with E-state index in [2.05, 4.69) is 0 Å². The van der Waals surface area contributed by atoms with E-state index in [-0.39, 0.29) is 5.56 Å². The highest BCUT2D eigenvalue weighted by Gasteiger charge is 2.22. The second-order valence-corrected chi connectivity index (χ2v) is 6.03. The molecule has 0 atom stereocenters. The second kappa shape index (κ2) is 5.61. The lowest BCUT2D eigenvalue weighted by atomic mass is 10.2. The molecule has 0 bridgehead atoms. The summed E-state index contributed by atoms with van der Waals surface area (Å²) < 4.78 is 52.1. The van der Waals surface area contributed by atoms with Gasteiger partial charge in [-0.15, -0.1) is 0 Å². The normalized spacial score (nSPS) is 11.2. The first-order valence-electron chi connectivity index (χ1n) is 5.88. The Bertz CT molecular complexity index is 786. The molecule has 0 saturated heterocycles. The standard InChI is InChI=1S/C14H11F2NO3S/c1-9-2-7-12(16)13(8-9)21(19,20)17-14(18)10-3-5-11(15)6-4-10/h2-8H,1H3,(H,17,18). The van der Waals surface area contributed by atoms with Crippen molar-refractivity contribution in [2.24, 2.45) is 0 Å². The van der Waals surface area contributed by atoms with Gasteiger partial charge in [-0.25, -0.2) is 21.9 Å². The first-order valence-corrected chi connectivity index (χ1v) is 7.37. The quantitative estimate of drug-likeness (QED) is 0.946. The summed E-state index contributed by atoms with van der Waals surface area (Å²) in [6, 6.07) is 7.85. The Labute approximate surface area is 120 Å². The average Bonchev–Trinajstić information content (AvgIpc) is 2.41. The molecule has 2 aromatic carbocycles. The van der Waals surface area contributed by atoms with Gasteiger partial charge >= 0.3 is 0 Å². The highest BCUT2D eigenvalue weighted by Crippen LogP contribution is 2.16. The third-order valence-corrected chi connectivity index (χ3v) is 4.06. The van der Waals surface area contributed by atoms with E-state index in [4.69, 9.17) is 0 Å². The van der Waals surface area contributed by atoms with Gasteiger partial charge in [0.05, 0.1) is 0 Å². The van der Waals surface area contributed by atoms with Gasteiger partial charge in [-0.3, -0.25) is 4.79 Å². The number of amides is 1. The van der Waals surface area contributed by atoms with Crippen molar-refractivity contribution in [2.45, 2.75) is 11.8 Å². The first kappa shape index (κ1) is 15.1. The van der Waals surface area contributed by atoms with Crippen LogP contribution in [-0.4, -0.2) is 14.3 Å². The van der Waals surface area contributed by atoms with Crippen molar-refractivity contribution in [1.29, 1.82) is 0 Å². The maximum Gasteiger partial charge on any atom is 0.267 e. The summed E-state index contributed by atoms with van der Waals surface area (Å²) in [6.45, 7) is 1.60. The van der Waals surface area contributed by atoms with E-state index in [0.717, 1.165) is 36.4 Å². The number of carbonyl (C=O) groups is 1. The number of halogens is 2. The summed E-state index contributed by atoms with van der Waals surface area (Å²) in [5.41, 5.74) is 0.485. The molecule has 4 nitrogen and oxygen atoms in total. The van der Waals surface area contributed by atoms with E-state index in [1.807, 2.05) is 0 Å². The van der Waals surface area contributed by atoms with E-state index in [9.17, 15) is 22.0 Å². The summed E-state index contributed by atoms with van der Waals surface area (Å²) in [4.78, 5) is 11.2. The highest BCUT2D eigenvalue weighted by atomic mass is 32.2. The molecule has 0 aliphatic heterocycles. The van der Waals surface area contributed by atoms with Crippen molar-refractivity contribution >= 4 is 15.9 Å². The van der Waals surface area contributed by atoms with Crippen LogP contribution in [0.1, 0.15) is 15.9 Å². The number of nitrogens with one attached hydrogen (secondary N) is 1. The van der Waals surface area contributed by atoms with E-state index in [0.29, 0.717) is 5.56 Å². The number of benzene rings is 2. The lowest BCUT2D eigenvalue weighted by Crippen LogP contribution is -2.31. The largest absolute Gasteiger partial charge is 0.268 e. The predicted octanol–water partition coefficient (Wildman–Crippen LogP) is 2.39. The van der Waals surface area contributed by atoms with Gasteiger partial charge in [-0.1, -0.05) is 6.07 Å². The van der Waals surface area contributed by atoms with Crippen LogP contribution < -0.4 is 4.72 Å². The monoisotopic (exact) mass is 311 g/mol. The Morgan fingerprint density at radius 1 is 1.05 bits per heavy atom. The molecule has 21 heavy (non-hydrogen) atoms. The van der Waals surface area contributed by atoms with Crippen molar-refractivity contribution in [3.05, 3.63) is 65.2 Å². The molecule has 0 spiro atoms. The predicted molar refractivity (Wildman–Crippen MR) is 72.2 cm³/mol. The van der Waals surface area contributed by atoms with Crippen LogP contribution in [-0.2, 0) is 10.0 Å². The summed E-state index contributed by atoms with van der Waals surface area (Å²) in [6.07, 6.45) is 0. The van der Waals surface area contributed by atoms with Gasteiger partial charge in [0.2, 0.25) is 0 Å². The molecule has 1 N–H and O–H groups in total. The third kappa shape index (κ3) is 3.43. The molecule has 2 rings (SSSR count). The molecular weight excluding hydrogens is 300 g/mol. The van der Waals surface area contributed by atoms with Crippen LogP contribution in [0.3, 0.4) is 0 Å². The Kier molecular flexibility index (Phi) is 4.04. The molecule has 0 unspecified atom stereocenters. The van der Waals surface area contributed by atoms with Crippen molar-refractivity contribution < 1.29 is 22.0 Å². The summed E-state index contributed by atoms with van der Waals surface area (Å²) in [5, 5.41) is 0. The fourth-order valence-corrected chi connectivity index (χ4v) is 2.79. The lowest BCUT2D eigenvalue weighted by molar-refractivity contribution is 0.0981. The van der Waals surface area contributed by atoms with Crippen LogP contribution in [0.4, 0.5) is 8.78 Å². The number of rotatable bonds is 3. The van der Waals surface area contributed by atoms with Gasteiger partial charge in [0, 0.05) is 5.56 Å². The SMILES string of the molecule is Cc1ccc(F)c(S(=O)(=O)NC(=O)c2ccc(F)cc2)c1. The van der Waals surface area contributed by atoms with Crippen LogP contribution in [0.2, 0.25) is 0 Å². The van der Waals surface area contributed by atoms with Gasteiger partial charge in [0.1, 0.15) is 16.5 Å². The average molecular weight is 311 g/mol. The molecule has 0 heterocycles. The zero-order chi connectivity index (χ0) is 15.6. The van der Waals surface area contributed by atoms with Crippen molar-refractivity contribution in [2.75, 3.05) is 0 Å². The Balaban J connectivity index is 2.31. The molecule has 0 aliphatic rings. The van der Waals surface area contributed by atoms with E-state index < -0.39 is 32.5 Å². The van der Waals surface area contributed by atoms with E-state index >= 15 is 0 Å². The zero-order valence-electron chi connectivity index (χ0n) is 10.9. The van der Waals surface area contributed by atoms with Crippen LogP contribution in [0.15, 0.2) is 47.4 Å². The minimum Gasteiger partial charge on any atom is -0.268 e. The van der Waals surface area contributed by atoms with Gasteiger partial charge < -0.3 is 0 Å². The molecule has 0 saturated carbocycles. The summed E-state index contributed by atoms with van der Waals surface area (Å²) >= 11 is 0. The Hall–Kier alpha value is -2.28. The van der Waals surface area contributed by atoms with Crippen LogP contribution in [0.25, 0.3) is 0 Å². The summed E-state index contributed by atoms with van der Waals surface area (Å²) in [7, 11) is -4.34. The molecule has 7 heteroatoms. The molecule has 0 aromatic heterocycles. The maximum absolute atomic E-state index is 13.6. The number of aryl methyl sites for hydroxylation is 1. The van der Waals surface area contributed by atoms with Crippen molar-refractivity contribution in [1.82, 2.24) is 4.72 Å². The van der Waals surface area contributed by atoms with Crippen LogP contribution in [0.5, 0.6) is 0 Å². The molecule has 2 aromatic rings. The molecule has 110 valence electrons. The highest BCUT2D eigenvalue weighted by molar-refractivity contribution is 7.90. The number of hydrogen-bond donors (Lipinski definition) is 1. The summed E-state index contributed by atoms with van der Waals surface area (Å²) in [5.74, 6) is -2.48. The van der Waals surface area contributed by atoms with Crippen LogP contribution in [0, 0.1) is 18.6 Å². The Morgan fingerprint density at radius 2 is 1.67 bits per heavy atom. The fourth-order valence-electron chi connectivity index (χ4n) is 1.65. The molecule has 1 amide bonds. The minimum absolute atomic E-state index is 0.0481. The topological polar surface area (TPSA) is 63.2 Å². The maximum atomic E-state index is 13.6. The minimum atomic E-state index is -4.34. The van der Waals surface area contributed by atoms with Gasteiger partial charge in [-0.2, -0.15) is 0 Å².